The van der Waals surface area contributed by atoms with Gasteiger partial charge in [0.1, 0.15) is 6.04 Å². The van der Waals surface area contributed by atoms with Crippen LogP contribution in [0.15, 0.2) is 24.3 Å². The molecule has 0 radical (unpaired) electrons. The summed E-state index contributed by atoms with van der Waals surface area (Å²) in [6, 6.07) is 4.62. The van der Waals surface area contributed by atoms with Crippen molar-refractivity contribution >= 4 is 17.5 Å². The third-order valence-corrected chi connectivity index (χ3v) is 4.42. The number of nitrogens with zero attached hydrogens (tertiary/aromatic N) is 2. The third-order valence-electron chi connectivity index (χ3n) is 4.42. The van der Waals surface area contributed by atoms with E-state index in [9.17, 15) is 22.8 Å². The summed E-state index contributed by atoms with van der Waals surface area (Å²) in [6.45, 7) is 6.77. The number of piperazine rings is 1. The third kappa shape index (κ3) is 4.89. The Kier molecular flexibility index (Phi) is 6.15. The Morgan fingerprint density at radius 2 is 1.73 bits per heavy atom. The number of amides is 2. The van der Waals surface area contributed by atoms with Crippen molar-refractivity contribution in [3.8, 4) is 0 Å². The molecule has 1 aliphatic heterocycles. The molecule has 1 fully saturated rings. The number of carbonyl (C=O) groups excluding carboxylic acids is 2. The second-order valence-electron chi connectivity index (χ2n) is 6.78. The highest BCUT2D eigenvalue weighted by Gasteiger charge is 2.32. The highest BCUT2D eigenvalue weighted by Crippen LogP contribution is 2.31. The Bertz CT molecular complexity index is 653. The number of benzene rings is 1. The van der Waals surface area contributed by atoms with E-state index in [-0.39, 0.29) is 17.7 Å². The van der Waals surface area contributed by atoms with E-state index in [2.05, 4.69) is 5.32 Å². The number of hydrogen-bond donors (Lipinski definition) is 1. The average Bonchev–Trinajstić information content (AvgIpc) is 2.58. The average molecular weight is 371 g/mol. The van der Waals surface area contributed by atoms with E-state index >= 15 is 0 Å². The van der Waals surface area contributed by atoms with E-state index in [0.717, 1.165) is 12.1 Å². The maximum absolute atomic E-state index is 12.9. The molecule has 8 heteroatoms. The van der Waals surface area contributed by atoms with E-state index in [1.54, 1.807) is 11.0 Å². The Morgan fingerprint density at radius 1 is 1.12 bits per heavy atom. The van der Waals surface area contributed by atoms with Crippen molar-refractivity contribution in [3.63, 3.8) is 0 Å². The Morgan fingerprint density at radius 3 is 2.23 bits per heavy atom. The maximum atomic E-state index is 12.9. The summed E-state index contributed by atoms with van der Waals surface area (Å²) < 4.78 is 38.6. The molecule has 1 atom stereocenters. The van der Waals surface area contributed by atoms with Crippen molar-refractivity contribution < 1.29 is 22.8 Å². The van der Waals surface area contributed by atoms with E-state index in [4.69, 9.17) is 0 Å². The minimum Gasteiger partial charge on any atom is -0.368 e. The van der Waals surface area contributed by atoms with Gasteiger partial charge < -0.3 is 15.1 Å². The van der Waals surface area contributed by atoms with Crippen LogP contribution in [-0.2, 0) is 15.8 Å². The SMILES string of the molecule is CC(=O)N[C@@H](C(=O)N1CCN(c2cccc(C(F)(F)F)c2)CC1)C(C)C. The minimum atomic E-state index is -4.38. The summed E-state index contributed by atoms with van der Waals surface area (Å²) in [4.78, 5) is 27.5. The van der Waals surface area contributed by atoms with Crippen LogP contribution in [-0.4, -0.2) is 48.9 Å². The molecular weight excluding hydrogens is 347 g/mol. The first-order valence-corrected chi connectivity index (χ1v) is 8.57. The van der Waals surface area contributed by atoms with Gasteiger partial charge in [-0.2, -0.15) is 13.2 Å². The second kappa shape index (κ2) is 7.97. The number of hydrogen-bond acceptors (Lipinski definition) is 3. The first-order valence-electron chi connectivity index (χ1n) is 8.57. The van der Waals surface area contributed by atoms with Gasteiger partial charge in [0.15, 0.2) is 0 Å². The number of alkyl halides is 3. The first-order chi connectivity index (χ1) is 12.1. The smallest absolute Gasteiger partial charge is 0.368 e. The van der Waals surface area contributed by atoms with Gasteiger partial charge in [0.2, 0.25) is 11.8 Å². The van der Waals surface area contributed by atoms with Crippen molar-refractivity contribution in [2.75, 3.05) is 31.1 Å². The number of halogens is 3. The molecule has 2 amide bonds. The van der Waals surface area contributed by atoms with Gasteiger partial charge in [-0.3, -0.25) is 9.59 Å². The molecule has 2 rings (SSSR count). The van der Waals surface area contributed by atoms with Crippen molar-refractivity contribution in [1.82, 2.24) is 10.2 Å². The number of nitrogens with one attached hydrogen (secondary N) is 1. The predicted molar refractivity (Wildman–Crippen MR) is 92.7 cm³/mol. The van der Waals surface area contributed by atoms with Gasteiger partial charge in [-0.1, -0.05) is 19.9 Å². The van der Waals surface area contributed by atoms with Gasteiger partial charge in [-0.05, 0) is 24.1 Å². The molecule has 0 aromatic heterocycles. The molecule has 0 bridgehead atoms. The minimum absolute atomic E-state index is 0.0482. The van der Waals surface area contributed by atoms with Crippen LogP contribution in [0.1, 0.15) is 26.3 Å². The van der Waals surface area contributed by atoms with Gasteiger partial charge >= 0.3 is 6.18 Å². The number of carbonyl (C=O) groups is 2. The van der Waals surface area contributed by atoms with Gasteiger partial charge in [0.05, 0.1) is 5.56 Å². The fraction of sp³-hybridized carbons (Fsp3) is 0.556. The monoisotopic (exact) mass is 371 g/mol. The largest absolute Gasteiger partial charge is 0.416 e. The Hall–Kier alpha value is -2.25. The molecule has 0 saturated carbocycles. The van der Waals surface area contributed by atoms with Crippen molar-refractivity contribution in [1.29, 1.82) is 0 Å². The van der Waals surface area contributed by atoms with Gasteiger partial charge in [0.25, 0.3) is 0 Å². The quantitative estimate of drug-likeness (QED) is 0.885. The summed E-state index contributed by atoms with van der Waals surface area (Å²) in [5.41, 5.74) is -0.187. The van der Waals surface area contributed by atoms with Gasteiger partial charge in [-0.25, -0.2) is 0 Å². The number of rotatable bonds is 4. The van der Waals surface area contributed by atoms with Crippen LogP contribution in [0.2, 0.25) is 0 Å². The standard InChI is InChI=1S/C18H24F3N3O2/c1-12(2)16(22-13(3)25)17(26)24-9-7-23(8-10-24)15-6-4-5-14(11-15)18(19,20)21/h4-6,11-12,16H,7-10H2,1-3H3,(H,22,25)/t16-/m1/s1. The fourth-order valence-electron chi connectivity index (χ4n) is 2.99. The van der Waals surface area contributed by atoms with Crippen LogP contribution in [0, 0.1) is 5.92 Å². The Balaban J connectivity index is 2.02. The van der Waals surface area contributed by atoms with E-state index in [1.165, 1.54) is 13.0 Å². The van der Waals surface area contributed by atoms with E-state index in [0.29, 0.717) is 31.9 Å². The molecule has 1 aliphatic rings. The Labute approximate surface area is 151 Å². The molecule has 0 unspecified atom stereocenters. The van der Waals surface area contributed by atoms with Crippen LogP contribution in [0.5, 0.6) is 0 Å². The van der Waals surface area contributed by atoms with Crippen molar-refractivity contribution in [3.05, 3.63) is 29.8 Å². The summed E-state index contributed by atoms with van der Waals surface area (Å²) in [5.74, 6) is -0.466. The lowest BCUT2D eigenvalue weighted by atomic mass is 10.0. The summed E-state index contributed by atoms with van der Waals surface area (Å²) in [7, 11) is 0. The van der Waals surface area contributed by atoms with Crippen LogP contribution in [0.3, 0.4) is 0 Å². The van der Waals surface area contributed by atoms with Crippen LogP contribution in [0.4, 0.5) is 18.9 Å². The molecular formula is C18H24F3N3O2. The van der Waals surface area contributed by atoms with Gasteiger partial charge in [0, 0.05) is 38.8 Å². The lowest BCUT2D eigenvalue weighted by Crippen LogP contribution is -2.56. The fourth-order valence-corrected chi connectivity index (χ4v) is 2.99. The van der Waals surface area contributed by atoms with Crippen LogP contribution >= 0.6 is 0 Å². The lowest BCUT2D eigenvalue weighted by Gasteiger charge is -2.38. The molecule has 1 aromatic rings. The summed E-state index contributed by atoms with van der Waals surface area (Å²) >= 11 is 0. The molecule has 1 aromatic carbocycles. The molecule has 0 aliphatic carbocycles. The van der Waals surface area contributed by atoms with E-state index < -0.39 is 17.8 Å². The molecule has 1 N–H and O–H groups in total. The van der Waals surface area contributed by atoms with E-state index in [1.807, 2.05) is 18.7 Å². The second-order valence-corrected chi connectivity index (χ2v) is 6.78. The van der Waals surface area contributed by atoms with Crippen molar-refractivity contribution in [2.24, 2.45) is 5.92 Å². The number of anilines is 1. The molecule has 5 nitrogen and oxygen atoms in total. The molecule has 0 spiro atoms. The zero-order valence-corrected chi connectivity index (χ0v) is 15.1. The zero-order chi connectivity index (χ0) is 19.5. The highest BCUT2D eigenvalue weighted by molar-refractivity contribution is 5.87. The summed E-state index contributed by atoms with van der Waals surface area (Å²) in [5, 5.41) is 2.67. The topological polar surface area (TPSA) is 52.7 Å². The predicted octanol–water partition coefficient (Wildman–Crippen LogP) is 2.51. The van der Waals surface area contributed by atoms with Crippen LogP contribution < -0.4 is 10.2 Å². The molecule has 26 heavy (non-hydrogen) atoms. The zero-order valence-electron chi connectivity index (χ0n) is 15.1. The van der Waals surface area contributed by atoms with Crippen molar-refractivity contribution in [2.45, 2.75) is 33.0 Å². The summed E-state index contributed by atoms with van der Waals surface area (Å²) in [6.07, 6.45) is -4.38. The normalized spacial score (nSPS) is 16.6. The molecule has 1 saturated heterocycles. The lowest BCUT2D eigenvalue weighted by molar-refractivity contribution is -0.137. The molecule has 144 valence electrons. The highest BCUT2D eigenvalue weighted by atomic mass is 19.4. The maximum Gasteiger partial charge on any atom is 0.416 e. The molecule has 1 heterocycles. The van der Waals surface area contributed by atoms with Gasteiger partial charge in [-0.15, -0.1) is 0 Å². The first kappa shape index (κ1) is 20.1. The van der Waals surface area contributed by atoms with Crippen LogP contribution in [0.25, 0.3) is 0 Å².